The van der Waals surface area contributed by atoms with Crippen LogP contribution < -0.4 is 0 Å². The number of pyridine rings is 1. The van der Waals surface area contributed by atoms with Crippen LogP contribution in [0.15, 0.2) is 57.6 Å². The second-order valence-corrected chi connectivity index (χ2v) is 7.97. The summed E-state index contributed by atoms with van der Waals surface area (Å²) >= 11 is 6.73. The molecule has 2 aromatic carbocycles. The molecule has 0 spiro atoms. The highest BCUT2D eigenvalue weighted by Gasteiger charge is 2.30. The van der Waals surface area contributed by atoms with Crippen LogP contribution in [0, 0.1) is 0 Å². The highest BCUT2D eigenvalue weighted by Crippen LogP contribution is 2.36. The molecule has 0 aliphatic carbocycles. The molecule has 0 radical (unpaired) electrons. The van der Waals surface area contributed by atoms with Crippen LogP contribution in [0.2, 0.25) is 0 Å². The van der Waals surface area contributed by atoms with Crippen molar-refractivity contribution in [3.05, 3.63) is 68.9 Å². The minimum atomic E-state index is -4.38. The van der Waals surface area contributed by atoms with Crippen LogP contribution in [0.1, 0.15) is 11.3 Å². The van der Waals surface area contributed by atoms with Gasteiger partial charge in [-0.25, -0.2) is 9.67 Å². The monoisotopic (exact) mass is 526 g/mol. The van der Waals surface area contributed by atoms with E-state index in [0.29, 0.717) is 26.9 Å². The summed E-state index contributed by atoms with van der Waals surface area (Å²) in [7, 11) is 0. The third-order valence-electron chi connectivity index (χ3n) is 4.28. The van der Waals surface area contributed by atoms with Crippen molar-refractivity contribution in [2.75, 3.05) is 0 Å². The van der Waals surface area contributed by atoms with E-state index in [1.165, 1.54) is 16.8 Å². The molecule has 0 saturated carbocycles. The summed E-state index contributed by atoms with van der Waals surface area (Å²) < 4.78 is 40.9. The molecule has 5 nitrogen and oxygen atoms in total. The highest BCUT2D eigenvalue weighted by molar-refractivity contribution is 9.11. The maximum Gasteiger partial charge on any atom is 0.416 e. The molecule has 148 valence electrons. The van der Waals surface area contributed by atoms with Crippen molar-refractivity contribution in [2.24, 2.45) is 0 Å². The molecule has 2 heterocycles. The van der Waals surface area contributed by atoms with E-state index in [4.69, 9.17) is 0 Å². The van der Waals surface area contributed by atoms with Gasteiger partial charge in [-0.1, -0.05) is 33.3 Å². The van der Waals surface area contributed by atoms with Gasteiger partial charge in [-0.15, -0.1) is 5.10 Å². The molecule has 4 rings (SSSR count). The van der Waals surface area contributed by atoms with Crippen LogP contribution in [-0.2, 0) is 12.7 Å². The molecule has 0 atom stereocenters. The molecule has 0 amide bonds. The largest absolute Gasteiger partial charge is 0.505 e. The standard InChI is InChI=1S/C19H11Br2F3N4O/c20-14-7-15(21)18(29)17-13(14)6-5-12(25-17)8-28-9-16(26-27-28)10-1-3-11(4-2-10)19(22,23)24/h1-7,9,29H,8H2. The average molecular weight is 528 g/mol. The topological polar surface area (TPSA) is 63.8 Å². The number of benzene rings is 2. The number of hydrogen-bond donors (Lipinski definition) is 1. The summed E-state index contributed by atoms with van der Waals surface area (Å²) in [6.07, 6.45) is -2.75. The maximum atomic E-state index is 12.7. The Balaban J connectivity index is 1.60. The van der Waals surface area contributed by atoms with Gasteiger partial charge in [0.15, 0.2) is 5.75 Å². The van der Waals surface area contributed by atoms with Gasteiger partial charge in [0, 0.05) is 15.4 Å². The van der Waals surface area contributed by atoms with Crippen molar-refractivity contribution in [1.82, 2.24) is 20.0 Å². The summed E-state index contributed by atoms with van der Waals surface area (Å²) in [4.78, 5) is 4.49. The minimum absolute atomic E-state index is 0.0362. The quantitative estimate of drug-likeness (QED) is 0.366. The van der Waals surface area contributed by atoms with Crippen molar-refractivity contribution in [3.63, 3.8) is 0 Å². The van der Waals surface area contributed by atoms with Crippen LogP contribution in [-0.4, -0.2) is 25.1 Å². The fraction of sp³-hybridized carbons (Fsp3) is 0.105. The zero-order chi connectivity index (χ0) is 20.8. The fourth-order valence-corrected chi connectivity index (χ4v) is 4.11. The first kappa shape index (κ1) is 19.8. The zero-order valence-corrected chi connectivity index (χ0v) is 17.6. The molecule has 0 saturated heterocycles. The second kappa shape index (κ2) is 7.42. The van der Waals surface area contributed by atoms with Crippen molar-refractivity contribution in [1.29, 1.82) is 0 Å². The van der Waals surface area contributed by atoms with Crippen LogP contribution >= 0.6 is 31.9 Å². The zero-order valence-electron chi connectivity index (χ0n) is 14.5. The van der Waals surface area contributed by atoms with Crippen LogP contribution in [0.4, 0.5) is 13.2 Å². The second-order valence-electron chi connectivity index (χ2n) is 6.26. The molecule has 1 N–H and O–H groups in total. The van der Waals surface area contributed by atoms with Gasteiger partial charge in [0.05, 0.1) is 28.5 Å². The Hall–Kier alpha value is -2.46. The van der Waals surface area contributed by atoms with Crippen LogP contribution in [0.5, 0.6) is 5.75 Å². The molecule has 0 aliphatic heterocycles. The third-order valence-corrected chi connectivity index (χ3v) is 5.55. The summed E-state index contributed by atoms with van der Waals surface area (Å²) in [5.41, 5.74) is 1.34. The van der Waals surface area contributed by atoms with Crippen molar-refractivity contribution in [2.45, 2.75) is 12.7 Å². The van der Waals surface area contributed by atoms with Gasteiger partial charge in [0.1, 0.15) is 11.2 Å². The predicted molar refractivity (Wildman–Crippen MR) is 108 cm³/mol. The number of rotatable bonds is 3. The van der Waals surface area contributed by atoms with Gasteiger partial charge in [-0.3, -0.25) is 0 Å². The van der Waals surface area contributed by atoms with E-state index in [-0.39, 0.29) is 12.3 Å². The number of alkyl halides is 3. The molecular weight excluding hydrogens is 517 g/mol. The molecule has 0 fully saturated rings. The number of aromatic hydroxyl groups is 1. The lowest BCUT2D eigenvalue weighted by molar-refractivity contribution is -0.137. The van der Waals surface area contributed by atoms with E-state index < -0.39 is 11.7 Å². The summed E-state index contributed by atoms with van der Waals surface area (Å²) in [6, 6.07) is 10.1. The Morgan fingerprint density at radius 3 is 2.41 bits per heavy atom. The number of fused-ring (bicyclic) bond motifs is 1. The fourth-order valence-electron chi connectivity index (χ4n) is 2.84. The molecule has 29 heavy (non-hydrogen) atoms. The summed E-state index contributed by atoms with van der Waals surface area (Å²) in [6.45, 7) is 0.285. The SMILES string of the molecule is Oc1c(Br)cc(Br)c2ccc(Cn3cc(-c4ccc(C(F)(F)F)cc4)nn3)nc12. The molecule has 0 bridgehead atoms. The first-order chi connectivity index (χ1) is 13.7. The summed E-state index contributed by atoms with van der Waals surface area (Å²) in [5, 5.41) is 19.1. The number of phenolic OH excluding ortho intramolecular Hbond substituents is 1. The number of halogens is 5. The smallest absolute Gasteiger partial charge is 0.416 e. The van der Waals surface area contributed by atoms with Crippen molar-refractivity contribution < 1.29 is 18.3 Å². The van der Waals surface area contributed by atoms with Gasteiger partial charge >= 0.3 is 6.18 Å². The third kappa shape index (κ3) is 3.99. The Kier molecular flexibility index (Phi) is 5.07. The van der Waals surface area contributed by atoms with Crippen molar-refractivity contribution >= 4 is 42.8 Å². The first-order valence-corrected chi connectivity index (χ1v) is 9.85. The number of hydrogen-bond acceptors (Lipinski definition) is 4. The lowest BCUT2D eigenvalue weighted by atomic mass is 10.1. The highest BCUT2D eigenvalue weighted by atomic mass is 79.9. The van der Waals surface area contributed by atoms with Gasteiger partial charge in [-0.05, 0) is 46.3 Å². The van der Waals surface area contributed by atoms with Gasteiger partial charge < -0.3 is 5.11 Å². The van der Waals surface area contributed by atoms with Gasteiger partial charge in [-0.2, -0.15) is 13.2 Å². The van der Waals surface area contributed by atoms with E-state index in [1.54, 1.807) is 18.3 Å². The Morgan fingerprint density at radius 2 is 1.72 bits per heavy atom. The van der Waals surface area contributed by atoms with Crippen LogP contribution in [0.3, 0.4) is 0 Å². The maximum absolute atomic E-state index is 12.7. The molecule has 2 aromatic heterocycles. The van der Waals surface area contributed by atoms with Crippen molar-refractivity contribution in [3.8, 4) is 17.0 Å². The molecule has 10 heteroatoms. The molecular formula is C19H11Br2F3N4O. The number of nitrogens with zero attached hydrogens (tertiary/aromatic N) is 4. The average Bonchev–Trinajstić information content (AvgIpc) is 3.14. The lowest BCUT2D eigenvalue weighted by Gasteiger charge is -2.08. The Morgan fingerprint density at radius 1 is 1.00 bits per heavy atom. The molecule has 0 unspecified atom stereocenters. The Labute approximate surface area is 179 Å². The number of phenols is 1. The van der Waals surface area contributed by atoms with E-state index >= 15 is 0 Å². The minimum Gasteiger partial charge on any atom is -0.505 e. The first-order valence-electron chi connectivity index (χ1n) is 8.27. The van der Waals surface area contributed by atoms with Gasteiger partial charge in [0.25, 0.3) is 0 Å². The molecule has 0 aliphatic rings. The van der Waals surface area contributed by atoms with E-state index in [9.17, 15) is 18.3 Å². The lowest BCUT2D eigenvalue weighted by Crippen LogP contribution is -2.04. The van der Waals surface area contributed by atoms with E-state index in [2.05, 4.69) is 47.2 Å². The summed E-state index contributed by atoms with van der Waals surface area (Å²) in [5.74, 6) is 0.0362. The Bertz CT molecular complexity index is 1210. The van der Waals surface area contributed by atoms with E-state index in [1.807, 2.05) is 6.07 Å². The predicted octanol–water partition coefficient (Wildman–Crippen LogP) is 5.79. The molecule has 4 aromatic rings. The van der Waals surface area contributed by atoms with Gasteiger partial charge in [0.2, 0.25) is 0 Å². The van der Waals surface area contributed by atoms with E-state index in [0.717, 1.165) is 22.0 Å². The normalized spacial score (nSPS) is 11.9. The number of aromatic nitrogens is 4. The van der Waals surface area contributed by atoms with Crippen LogP contribution in [0.25, 0.3) is 22.2 Å².